The molecule has 24 heavy (non-hydrogen) atoms. The molecule has 0 spiro atoms. The Morgan fingerprint density at radius 3 is 0.750 bits per heavy atom. The topological polar surface area (TPSA) is 0 Å². The van der Waals surface area contributed by atoms with Crippen molar-refractivity contribution in [2.24, 2.45) is 0 Å². The van der Waals surface area contributed by atoms with E-state index in [9.17, 15) is 0 Å². The van der Waals surface area contributed by atoms with Crippen LogP contribution in [0.4, 0.5) is 0 Å². The third kappa shape index (κ3) is 21.5. The minimum Gasteiger partial charge on any atom is -0.0917 e. The summed E-state index contributed by atoms with van der Waals surface area (Å²) < 4.78 is 0. The van der Waals surface area contributed by atoms with E-state index in [2.05, 4.69) is 38.2 Å². The van der Waals surface area contributed by atoms with Crippen LogP contribution in [0.5, 0.6) is 0 Å². The molecule has 0 rings (SSSR count). The Morgan fingerprint density at radius 2 is 0.542 bits per heavy atom. The van der Waals surface area contributed by atoms with Crippen molar-refractivity contribution in [1.29, 1.82) is 0 Å². The smallest absolute Gasteiger partial charge is 0.0351 e. The van der Waals surface area contributed by atoms with Gasteiger partial charge in [0.05, 0.1) is 0 Å². The van der Waals surface area contributed by atoms with Crippen molar-refractivity contribution in [3.05, 3.63) is 24.3 Å². The van der Waals surface area contributed by atoms with Crippen molar-refractivity contribution in [2.75, 3.05) is 0 Å². The zero-order chi connectivity index (χ0) is 17.6. The first kappa shape index (κ1) is 23.5. The highest BCUT2D eigenvalue weighted by Gasteiger charge is 1.94. The molecule has 0 bridgehead atoms. The lowest BCUT2D eigenvalue weighted by molar-refractivity contribution is 0.528. The van der Waals surface area contributed by atoms with E-state index in [-0.39, 0.29) is 0 Å². The van der Waals surface area contributed by atoms with Gasteiger partial charge in [0, 0.05) is 0 Å². The van der Waals surface area contributed by atoms with Crippen LogP contribution >= 0.6 is 0 Å². The minimum atomic E-state index is 1.28. The molecule has 0 radical (unpaired) electrons. The standard InChI is InChI=1S/C24H46/c1-3-5-7-9-11-13-15-17-19-21-23-24-22-20-18-16-14-12-10-8-6-4-2/h3-6H,7-24H2,1-2H3. The Labute approximate surface area is 154 Å². The van der Waals surface area contributed by atoms with Crippen molar-refractivity contribution in [1.82, 2.24) is 0 Å². The summed E-state index contributed by atoms with van der Waals surface area (Å²) in [6.07, 6.45) is 34.8. The summed E-state index contributed by atoms with van der Waals surface area (Å²) in [6, 6.07) is 0. The number of hydrogen-bond donors (Lipinski definition) is 0. The molecule has 0 amide bonds. The second-order valence-electron chi connectivity index (χ2n) is 7.37. The van der Waals surface area contributed by atoms with Crippen molar-refractivity contribution in [3.63, 3.8) is 0 Å². The Hall–Kier alpha value is -0.520. The second-order valence-corrected chi connectivity index (χ2v) is 7.37. The fraction of sp³-hybridized carbons (Fsp3) is 0.833. The van der Waals surface area contributed by atoms with Crippen LogP contribution in [-0.4, -0.2) is 0 Å². The maximum Gasteiger partial charge on any atom is -0.0351 e. The summed E-state index contributed by atoms with van der Waals surface area (Å²) in [7, 11) is 0. The van der Waals surface area contributed by atoms with Gasteiger partial charge in [-0.3, -0.25) is 0 Å². The van der Waals surface area contributed by atoms with Crippen LogP contribution < -0.4 is 0 Å². The van der Waals surface area contributed by atoms with E-state index in [0.717, 1.165) is 0 Å². The quantitative estimate of drug-likeness (QED) is 0.163. The molecule has 0 unspecified atom stereocenters. The van der Waals surface area contributed by atoms with Gasteiger partial charge in [0.25, 0.3) is 0 Å². The van der Waals surface area contributed by atoms with Gasteiger partial charge in [-0.1, -0.05) is 114 Å². The van der Waals surface area contributed by atoms with Crippen LogP contribution in [-0.2, 0) is 0 Å². The van der Waals surface area contributed by atoms with E-state index in [1.54, 1.807) is 0 Å². The fourth-order valence-electron chi connectivity index (χ4n) is 3.33. The van der Waals surface area contributed by atoms with Gasteiger partial charge in [-0.05, 0) is 39.5 Å². The maximum absolute atomic E-state index is 2.30. The van der Waals surface area contributed by atoms with E-state index >= 15 is 0 Å². The van der Waals surface area contributed by atoms with Gasteiger partial charge in [0.15, 0.2) is 0 Å². The van der Waals surface area contributed by atoms with Crippen LogP contribution in [0.25, 0.3) is 0 Å². The van der Waals surface area contributed by atoms with E-state index in [1.165, 1.54) is 116 Å². The molecular weight excluding hydrogens is 288 g/mol. The summed E-state index contributed by atoms with van der Waals surface area (Å²) in [5, 5.41) is 0. The molecular formula is C24H46. The summed E-state index contributed by atoms with van der Waals surface area (Å²) >= 11 is 0. The number of allylic oxidation sites excluding steroid dienone is 4. The molecule has 0 aliphatic carbocycles. The van der Waals surface area contributed by atoms with Gasteiger partial charge in [0.1, 0.15) is 0 Å². The normalized spacial score (nSPS) is 11.9. The average Bonchev–Trinajstić information content (AvgIpc) is 2.60. The lowest BCUT2D eigenvalue weighted by Crippen LogP contribution is -1.83. The number of unbranched alkanes of at least 4 members (excludes halogenated alkanes) is 17. The highest BCUT2D eigenvalue weighted by Crippen LogP contribution is 2.14. The van der Waals surface area contributed by atoms with E-state index in [4.69, 9.17) is 0 Å². The largest absolute Gasteiger partial charge is 0.0917 e. The van der Waals surface area contributed by atoms with Crippen LogP contribution in [0.1, 0.15) is 129 Å². The molecule has 0 saturated heterocycles. The Balaban J connectivity index is 2.98. The number of hydrogen-bond acceptors (Lipinski definition) is 0. The molecule has 142 valence electrons. The Bertz CT molecular complexity index is 233. The average molecular weight is 335 g/mol. The maximum atomic E-state index is 2.30. The summed E-state index contributed by atoms with van der Waals surface area (Å²) in [6.45, 7) is 4.24. The summed E-state index contributed by atoms with van der Waals surface area (Å²) in [5.74, 6) is 0. The van der Waals surface area contributed by atoms with Gasteiger partial charge in [0.2, 0.25) is 0 Å². The first-order chi connectivity index (χ1) is 11.9. The molecule has 0 fully saturated rings. The third-order valence-corrected chi connectivity index (χ3v) is 4.96. The lowest BCUT2D eigenvalue weighted by Gasteiger charge is -2.03. The SMILES string of the molecule is CC=CCCCCCCCCCCCCCCCCCCC=CC. The van der Waals surface area contributed by atoms with Crippen molar-refractivity contribution >= 4 is 0 Å². The fourth-order valence-corrected chi connectivity index (χ4v) is 3.33. The first-order valence-electron chi connectivity index (χ1n) is 11.1. The third-order valence-electron chi connectivity index (χ3n) is 4.96. The molecule has 0 aromatic carbocycles. The molecule has 0 aliphatic heterocycles. The lowest BCUT2D eigenvalue weighted by atomic mass is 10.0. The van der Waals surface area contributed by atoms with Gasteiger partial charge in [-0.25, -0.2) is 0 Å². The van der Waals surface area contributed by atoms with Crippen LogP contribution in [0.3, 0.4) is 0 Å². The van der Waals surface area contributed by atoms with Gasteiger partial charge in [-0.15, -0.1) is 0 Å². The van der Waals surface area contributed by atoms with Crippen LogP contribution in [0.2, 0.25) is 0 Å². The summed E-state index contributed by atoms with van der Waals surface area (Å²) in [5.41, 5.74) is 0. The van der Waals surface area contributed by atoms with Crippen molar-refractivity contribution in [2.45, 2.75) is 129 Å². The molecule has 0 saturated carbocycles. The van der Waals surface area contributed by atoms with Crippen LogP contribution in [0, 0.1) is 0 Å². The Kier molecular flexibility index (Phi) is 22.0. The van der Waals surface area contributed by atoms with E-state index in [1.807, 2.05) is 0 Å². The Morgan fingerprint density at radius 1 is 0.333 bits per heavy atom. The highest BCUT2D eigenvalue weighted by molar-refractivity contribution is 4.76. The molecule has 0 heterocycles. The highest BCUT2D eigenvalue weighted by atomic mass is 14.0. The van der Waals surface area contributed by atoms with Gasteiger partial charge >= 0.3 is 0 Å². The molecule has 0 aliphatic rings. The predicted molar refractivity (Wildman–Crippen MR) is 113 cm³/mol. The zero-order valence-corrected chi connectivity index (χ0v) is 17.0. The molecule has 0 heteroatoms. The second kappa shape index (κ2) is 22.5. The zero-order valence-electron chi connectivity index (χ0n) is 17.0. The first-order valence-corrected chi connectivity index (χ1v) is 11.1. The van der Waals surface area contributed by atoms with E-state index in [0.29, 0.717) is 0 Å². The predicted octanol–water partition coefficient (Wildman–Crippen LogP) is 9.16. The van der Waals surface area contributed by atoms with E-state index < -0.39 is 0 Å². The van der Waals surface area contributed by atoms with Crippen LogP contribution in [0.15, 0.2) is 24.3 Å². The minimum absolute atomic E-state index is 1.28. The van der Waals surface area contributed by atoms with Gasteiger partial charge < -0.3 is 0 Å². The van der Waals surface area contributed by atoms with Gasteiger partial charge in [-0.2, -0.15) is 0 Å². The molecule has 0 N–H and O–H groups in total. The molecule has 0 aromatic heterocycles. The summed E-state index contributed by atoms with van der Waals surface area (Å²) in [4.78, 5) is 0. The van der Waals surface area contributed by atoms with Crippen molar-refractivity contribution < 1.29 is 0 Å². The molecule has 0 aromatic rings. The molecule has 0 nitrogen and oxygen atoms in total. The number of rotatable bonds is 19. The van der Waals surface area contributed by atoms with Crippen molar-refractivity contribution in [3.8, 4) is 0 Å². The molecule has 0 atom stereocenters. The monoisotopic (exact) mass is 334 g/mol.